The number of hydrogen-bond donors (Lipinski definition) is 6. The highest BCUT2D eigenvalue weighted by Gasteiger charge is 2.18. The van der Waals surface area contributed by atoms with Crippen molar-refractivity contribution in [3.05, 3.63) is 59.8 Å². The van der Waals surface area contributed by atoms with Gasteiger partial charge in [-0.1, -0.05) is 70.4 Å². The number of carbonyl (C=O) groups is 1. The maximum Gasteiger partial charge on any atom is 0.328 e. The number of H-pyrrole nitrogens is 1. The summed E-state index contributed by atoms with van der Waals surface area (Å²) in [5.41, 5.74) is 12.9. The molecule has 0 unspecified atom stereocenters. The smallest absolute Gasteiger partial charge is 0.328 e. The number of carboxylic acid groups (broad SMARTS) is 1. The minimum Gasteiger partial charge on any atom is -0.508 e. The van der Waals surface area contributed by atoms with Crippen LogP contribution >= 0.6 is 0 Å². The molecule has 36 heavy (non-hydrogen) atoms. The molecule has 0 saturated heterocycles. The van der Waals surface area contributed by atoms with Gasteiger partial charge in [0.15, 0.2) is 5.96 Å². The molecule has 198 valence electrons. The number of aromatic nitrogens is 1. The molecule has 0 radical (unpaired) electrons. The van der Waals surface area contributed by atoms with Crippen molar-refractivity contribution in [3.8, 4) is 5.75 Å². The third-order valence-electron chi connectivity index (χ3n) is 6.41. The van der Waals surface area contributed by atoms with Gasteiger partial charge in [-0.25, -0.2) is 9.79 Å². The number of anilines is 1. The number of hydrogen-bond acceptors (Lipinski definition) is 4. The first-order chi connectivity index (χ1) is 17.4. The van der Waals surface area contributed by atoms with Gasteiger partial charge in [-0.15, -0.1) is 0 Å². The second-order valence-electron chi connectivity index (χ2n) is 9.45. The van der Waals surface area contributed by atoms with Crippen LogP contribution in [0, 0.1) is 5.92 Å². The van der Waals surface area contributed by atoms with Crippen molar-refractivity contribution in [1.82, 2.24) is 4.98 Å². The average molecular weight is 498 g/mol. The normalized spacial score (nSPS) is 13.2. The zero-order chi connectivity index (χ0) is 26.2. The van der Waals surface area contributed by atoms with Crippen LogP contribution < -0.4 is 16.8 Å². The minimum absolute atomic E-state index is 0.0676. The maximum absolute atomic E-state index is 11.5. The Morgan fingerprint density at radius 3 is 2.42 bits per heavy atom. The Balaban J connectivity index is 2.08. The van der Waals surface area contributed by atoms with E-state index in [1.807, 2.05) is 30.5 Å². The first-order valence-electron chi connectivity index (χ1n) is 13.0. The number of unbranched alkanes of at least 4 members (excludes halogenated alkanes) is 4. The molecule has 0 bridgehead atoms. The number of aromatic hydroxyl groups is 1. The van der Waals surface area contributed by atoms with E-state index in [4.69, 9.17) is 11.5 Å². The van der Waals surface area contributed by atoms with Crippen LogP contribution in [0.3, 0.4) is 0 Å². The highest BCUT2D eigenvalue weighted by Crippen LogP contribution is 2.25. The number of rotatable bonds is 18. The lowest BCUT2D eigenvalue weighted by Gasteiger charge is -2.23. The molecule has 0 saturated carbocycles. The summed E-state index contributed by atoms with van der Waals surface area (Å²) in [4.78, 5) is 18.7. The topological polar surface area (TPSA) is 150 Å². The number of nitrogens with zero attached hydrogens (tertiary/aromatic N) is 1. The molecule has 0 aliphatic carbocycles. The Bertz CT molecular complexity index is 935. The Kier molecular flexibility index (Phi) is 13.0. The number of nitrogens with two attached hydrogens (primary N) is 2. The van der Waals surface area contributed by atoms with Gasteiger partial charge in [0, 0.05) is 12.3 Å². The van der Waals surface area contributed by atoms with E-state index in [1.165, 1.54) is 43.7 Å². The van der Waals surface area contributed by atoms with E-state index in [1.54, 1.807) is 12.1 Å². The van der Waals surface area contributed by atoms with Crippen molar-refractivity contribution in [2.24, 2.45) is 22.4 Å². The van der Waals surface area contributed by atoms with E-state index in [0.717, 1.165) is 37.9 Å². The van der Waals surface area contributed by atoms with Crippen molar-refractivity contribution in [1.29, 1.82) is 0 Å². The Hall–Kier alpha value is -3.42. The van der Waals surface area contributed by atoms with Crippen LogP contribution in [-0.4, -0.2) is 39.7 Å². The summed E-state index contributed by atoms with van der Waals surface area (Å²) in [5.74, 6) is 0.532. The fraction of sp³-hybridized carbons (Fsp3) is 0.500. The van der Waals surface area contributed by atoms with E-state index in [0.29, 0.717) is 11.5 Å². The SMILES string of the molecule is CCCCCCC[C@H](CCC[C@@H](Nc1ccc[nH]1)/C(=C/C(=O)O)CN=C(N)N)Cc1ccc(O)cc1. The van der Waals surface area contributed by atoms with Crippen LogP contribution in [0.5, 0.6) is 5.75 Å². The van der Waals surface area contributed by atoms with E-state index in [9.17, 15) is 15.0 Å². The molecule has 2 aromatic rings. The van der Waals surface area contributed by atoms with Crippen molar-refractivity contribution in [2.45, 2.75) is 77.2 Å². The molecule has 8 N–H and O–H groups in total. The Morgan fingerprint density at radius 1 is 1.06 bits per heavy atom. The number of nitrogens with one attached hydrogen (secondary N) is 2. The highest BCUT2D eigenvalue weighted by atomic mass is 16.4. The first kappa shape index (κ1) is 28.8. The number of phenols is 1. The number of aliphatic carboxylic acids is 1. The highest BCUT2D eigenvalue weighted by molar-refractivity contribution is 5.81. The summed E-state index contributed by atoms with van der Waals surface area (Å²) in [6.07, 6.45) is 14.1. The van der Waals surface area contributed by atoms with E-state index in [2.05, 4.69) is 22.2 Å². The molecule has 8 nitrogen and oxygen atoms in total. The molecule has 1 aromatic heterocycles. The van der Waals surface area contributed by atoms with E-state index < -0.39 is 5.97 Å². The number of aliphatic imine (C=N–C) groups is 1. The molecule has 2 rings (SSSR count). The van der Waals surface area contributed by atoms with Crippen LogP contribution in [0.1, 0.15) is 70.3 Å². The quantitative estimate of drug-likeness (QED) is 0.0723. The van der Waals surface area contributed by atoms with Gasteiger partial charge in [0.2, 0.25) is 0 Å². The standard InChI is InChI=1S/C28H43N5O3/c1-2-3-4-5-6-9-21(18-22-13-15-24(34)16-14-22)10-7-11-25(33-26-12-8-17-31-26)23(19-27(35)36)20-32-28(29)30/h8,12-17,19,21,25,31,33-34H,2-7,9-11,18,20H2,1H3,(H,35,36)(H4,29,30,32)/b23-19+/t21-,25-/m1/s1. The van der Waals surface area contributed by atoms with Crippen LogP contribution in [0.15, 0.2) is 59.2 Å². The second kappa shape index (κ2) is 16.3. The van der Waals surface area contributed by atoms with Crippen LogP contribution in [-0.2, 0) is 11.2 Å². The van der Waals surface area contributed by atoms with Crippen molar-refractivity contribution >= 4 is 17.7 Å². The molecule has 2 atom stereocenters. The summed E-state index contributed by atoms with van der Waals surface area (Å²) in [6, 6.07) is 11.1. The lowest BCUT2D eigenvalue weighted by molar-refractivity contribution is -0.131. The van der Waals surface area contributed by atoms with Gasteiger partial charge in [0.05, 0.1) is 12.6 Å². The molecule has 0 amide bonds. The molecular formula is C28H43N5O3. The monoisotopic (exact) mass is 497 g/mol. The van der Waals surface area contributed by atoms with Gasteiger partial charge in [-0.3, -0.25) is 0 Å². The first-order valence-corrected chi connectivity index (χ1v) is 13.0. The van der Waals surface area contributed by atoms with Gasteiger partial charge in [0.25, 0.3) is 0 Å². The number of benzene rings is 1. The van der Waals surface area contributed by atoms with Gasteiger partial charge >= 0.3 is 5.97 Å². The second-order valence-corrected chi connectivity index (χ2v) is 9.45. The predicted molar refractivity (Wildman–Crippen MR) is 147 cm³/mol. The van der Waals surface area contributed by atoms with E-state index >= 15 is 0 Å². The number of phenolic OH excluding ortho intramolecular Hbond substituents is 1. The van der Waals surface area contributed by atoms with Crippen LogP contribution in [0.2, 0.25) is 0 Å². The van der Waals surface area contributed by atoms with Gasteiger partial charge < -0.3 is 32.0 Å². The van der Waals surface area contributed by atoms with Gasteiger partial charge in [0.1, 0.15) is 11.6 Å². The fourth-order valence-electron chi connectivity index (χ4n) is 4.52. The van der Waals surface area contributed by atoms with Crippen LogP contribution in [0.4, 0.5) is 5.82 Å². The predicted octanol–water partition coefficient (Wildman–Crippen LogP) is 5.17. The molecule has 0 spiro atoms. The maximum atomic E-state index is 11.5. The lowest BCUT2D eigenvalue weighted by atomic mass is 9.88. The number of guanidine groups is 1. The molecule has 0 aliphatic rings. The molecule has 0 fully saturated rings. The van der Waals surface area contributed by atoms with Crippen molar-refractivity contribution < 1.29 is 15.0 Å². The summed E-state index contributed by atoms with van der Waals surface area (Å²) in [7, 11) is 0. The summed E-state index contributed by atoms with van der Waals surface area (Å²) in [5, 5.41) is 22.5. The minimum atomic E-state index is -1.02. The Labute approximate surface area is 214 Å². The zero-order valence-corrected chi connectivity index (χ0v) is 21.5. The lowest BCUT2D eigenvalue weighted by Crippen LogP contribution is -2.28. The van der Waals surface area contributed by atoms with Crippen molar-refractivity contribution in [2.75, 3.05) is 11.9 Å². The molecular weight excluding hydrogens is 454 g/mol. The largest absolute Gasteiger partial charge is 0.508 e. The number of carboxylic acids is 1. The molecule has 0 aliphatic heterocycles. The summed E-state index contributed by atoms with van der Waals surface area (Å²) < 4.78 is 0. The molecule has 1 aromatic carbocycles. The number of aromatic amines is 1. The van der Waals surface area contributed by atoms with E-state index in [-0.39, 0.29) is 24.3 Å². The van der Waals surface area contributed by atoms with Gasteiger partial charge in [-0.2, -0.15) is 0 Å². The summed E-state index contributed by atoms with van der Waals surface area (Å²) in [6.45, 7) is 2.35. The Morgan fingerprint density at radius 2 is 1.78 bits per heavy atom. The third-order valence-corrected chi connectivity index (χ3v) is 6.41. The van der Waals surface area contributed by atoms with Gasteiger partial charge in [-0.05, 0) is 54.2 Å². The fourth-order valence-corrected chi connectivity index (χ4v) is 4.52. The van der Waals surface area contributed by atoms with Crippen molar-refractivity contribution in [3.63, 3.8) is 0 Å². The molecule has 8 heteroatoms. The molecule has 1 heterocycles. The summed E-state index contributed by atoms with van der Waals surface area (Å²) >= 11 is 0. The van der Waals surface area contributed by atoms with Crippen LogP contribution in [0.25, 0.3) is 0 Å². The third kappa shape index (κ3) is 11.8. The zero-order valence-electron chi connectivity index (χ0n) is 21.5. The average Bonchev–Trinajstić information content (AvgIpc) is 3.35.